The Morgan fingerprint density at radius 3 is 2.47 bits per heavy atom. The number of hydrogen-bond acceptors (Lipinski definition) is 6. The summed E-state index contributed by atoms with van der Waals surface area (Å²) in [4.78, 5) is 18.7. The van der Waals surface area contributed by atoms with Gasteiger partial charge in [-0.15, -0.1) is 0 Å². The molecule has 0 radical (unpaired) electrons. The average Bonchev–Trinajstić information content (AvgIpc) is 3.12. The van der Waals surface area contributed by atoms with Crippen LogP contribution in [0.5, 0.6) is 5.75 Å². The Balaban J connectivity index is 1.06. The molecular formula is C26H33FN4O3. The van der Waals surface area contributed by atoms with Gasteiger partial charge in [-0.1, -0.05) is 30.3 Å². The summed E-state index contributed by atoms with van der Waals surface area (Å²) >= 11 is 0. The van der Waals surface area contributed by atoms with Gasteiger partial charge in [0.2, 0.25) is 0 Å². The summed E-state index contributed by atoms with van der Waals surface area (Å²) in [5, 5.41) is 3.48. The van der Waals surface area contributed by atoms with Crippen molar-refractivity contribution in [1.82, 2.24) is 15.1 Å². The zero-order valence-corrected chi connectivity index (χ0v) is 19.5. The molecule has 3 aliphatic rings. The molecule has 2 atom stereocenters. The molecule has 1 amide bonds. The van der Waals surface area contributed by atoms with Crippen LogP contribution in [-0.2, 0) is 11.3 Å². The van der Waals surface area contributed by atoms with Crippen LogP contribution >= 0.6 is 0 Å². The highest BCUT2D eigenvalue weighted by molar-refractivity contribution is 5.67. The first-order chi connectivity index (χ1) is 16.7. The third kappa shape index (κ3) is 5.28. The molecule has 5 rings (SSSR count). The first-order valence-corrected chi connectivity index (χ1v) is 12.3. The predicted octanol–water partition coefficient (Wildman–Crippen LogP) is 3.10. The lowest BCUT2D eigenvalue weighted by molar-refractivity contribution is 0.0682. The second-order valence-electron chi connectivity index (χ2n) is 9.28. The first kappa shape index (κ1) is 22.9. The van der Waals surface area contributed by atoms with Crippen LogP contribution in [0.15, 0.2) is 48.5 Å². The van der Waals surface area contributed by atoms with E-state index in [1.165, 1.54) is 18.9 Å². The molecule has 3 saturated heterocycles. The fourth-order valence-electron chi connectivity index (χ4n) is 5.21. The molecule has 0 spiro atoms. The van der Waals surface area contributed by atoms with Crippen molar-refractivity contribution in [2.24, 2.45) is 0 Å². The number of carbonyl (C=O) groups is 1. The van der Waals surface area contributed by atoms with Crippen LogP contribution < -0.4 is 15.0 Å². The molecular weight excluding hydrogens is 435 g/mol. The van der Waals surface area contributed by atoms with Gasteiger partial charge in [0.1, 0.15) is 13.2 Å². The van der Waals surface area contributed by atoms with Gasteiger partial charge in [0.05, 0.1) is 0 Å². The van der Waals surface area contributed by atoms with Gasteiger partial charge < -0.3 is 24.6 Å². The second-order valence-corrected chi connectivity index (χ2v) is 9.28. The molecule has 0 aromatic heterocycles. The highest BCUT2D eigenvalue weighted by Crippen LogP contribution is 2.34. The number of carbonyl (C=O) groups excluding carboxylic acids is 1. The van der Waals surface area contributed by atoms with Crippen molar-refractivity contribution in [3.63, 3.8) is 0 Å². The predicted molar refractivity (Wildman–Crippen MR) is 129 cm³/mol. The van der Waals surface area contributed by atoms with Gasteiger partial charge in [-0.3, -0.25) is 4.90 Å². The third-order valence-corrected chi connectivity index (χ3v) is 7.09. The number of nitrogens with zero attached hydrogens (tertiary/aromatic N) is 3. The monoisotopic (exact) mass is 468 g/mol. The van der Waals surface area contributed by atoms with Crippen LogP contribution in [0.4, 0.5) is 14.9 Å². The minimum absolute atomic E-state index is 0.277. The van der Waals surface area contributed by atoms with Crippen LogP contribution in [0.25, 0.3) is 0 Å². The number of piperazine rings is 2. The van der Waals surface area contributed by atoms with Gasteiger partial charge in [0.15, 0.2) is 11.6 Å². The normalized spacial score (nSPS) is 22.6. The molecule has 3 heterocycles. The molecule has 3 fully saturated rings. The van der Waals surface area contributed by atoms with Gasteiger partial charge in [-0.05, 0) is 30.5 Å². The van der Waals surface area contributed by atoms with Gasteiger partial charge in [0.25, 0.3) is 0 Å². The quantitative estimate of drug-likeness (QED) is 0.674. The Morgan fingerprint density at radius 1 is 1.00 bits per heavy atom. The van der Waals surface area contributed by atoms with Crippen molar-refractivity contribution in [2.45, 2.75) is 31.5 Å². The maximum atomic E-state index is 14.4. The van der Waals surface area contributed by atoms with Crippen molar-refractivity contribution >= 4 is 11.8 Å². The zero-order chi connectivity index (χ0) is 23.3. The largest absolute Gasteiger partial charge is 0.489 e. The zero-order valence-electron chi connectivity index (χ0n) is 19.5. The Hall–Kier alpha value is -2.84. The van der Waals surface area contributed by atoms with E-state index in [-0.39, 0.29) is 18.5 Å². The highest BCUT2D eigenvalue weighted by atomic mass is 19.1. The van der Waals surface area contributed by atoms with E-state index < -0.39 is 0 Å². The first-order valence-electron chi connectivity index (χ1n) is 12.3. The van der Waals surface area contributed by atoms with Crippen molar-refractivity contribution < 1.29 is 18.7 Å². The minimum Gasteiger partial charge on any atom is -0.489 e. The SMILES string of the molecule is O=C(OCc1ccccc1)N1CCN(CCOc2cc(N3C4CCC3CNC4)ccc2F)CC1. The van der Waals surface area contributed by atoms with E-state index in [4.69, 9.17) is 9.47 Å². The number of ether oxygens (including phenoxy) is 2. The van der Waals surface area contributed by atoms with E-state index in [1.54, 1.807) is 4.90 Å². The average molecular weight is 469 g/mol. The number of hydrogen-bond donors (Lipinski definition) is 1. The Morgan fingerprint density at radius 2 is 1.74 bits per heavy atom. The summed E-state index contributed by atoms with van der Waals surface area (Å²) in [5.74, 6) is -0.00392. The van der Waals surface area contributed by atoms with Gasteiger partial charge in [-0.2, -0.15) is 0 Å². The lowest BCUT2D eigenvalue weighted by Crippen LogP contribution is -2.52. The third-order valence-electron chi connectivity index (χ3n) is 7.09. The summed E-state index contributed by atoms with van der Waals surface area (Å²) in [7, 11) is 0. The highest BCUT2D eigenvalue weighted by Gasteiger charge is 2.36. The van der Waals surface area contributed by atoms with Gasteiger partial charge in [0, 0.05) is 69.7 Å². The van der Waals surface area contributed by atoms with Crippen LogP contribution in [0.3, 0.4) is 0 Å². The molecule has 0 saturated carbocycles. The molecule has 2 unspecified atom stereocenters. The van der Waals surface area contributed by atoms with E-state index >= 15 is 0 Å². The fraction of sp³-hybridized carbons (Fsp3) is 0.500. The molecule has 2 aromatic rings. The molecule has 34 heavy (non-hydrogen) atoms. The Bertz CT molecular complexity index is 952. The molecule has 0 aliphatic carbocycles. The molecule has 2 bridgehead atoms. The minimum atomic E-state index is -0.322. The number of anilines is 1. The Labute approximate surface area is 200 Å². The standard InChI is InChI=1S/C26H33FN4O3/c27-24-9-8-21(31-22-6-7-23(31)18-28-17-22)16-25(24)33-15-14-29-10-12-30(13-11-29)26(32)34-19-20-4-2-1-3-5-20/h1-5,8-9,16,22-23,28H,6-7,10-15,17-19H2. The van der Waals surface area contributed by atoms with Crippen molar-refractivity contribution in [1.29, 1.82) is 0 Å². The molecule has 7 nitrogen and oxygen atoms in total. The Kier molecular flexibility index (Phi) is 7.16. The van der Waals surface area contributed by atoms with Crippen LogP contribution in [-0.4, -0.2) is 80.4 Å². The number of fused-ring (bicyclic) bond motifs is 2. The molecule has 8 heteroatoms. The summed E-state index contributed by atoms with van der Waals surface area (Å²) in [6.45, 7) is 6.07. The van der Waals surface area contributed by atoms with Gasteiger partial charge >= 0.3 is 6.09 Å². The number of rotatable bonds is 7. The van der Waals surface area contributed by atoms with Crippen molar-refractivity contribution in [2.75, 3.05) is 57.3 Å². The fourth-order valence-corrected chi connectivity index (χ4v) is 5.21. The van der Waals surface area contributed by atoms with E-state index in [0.29, 0.717) is 44.1 Å². The molecule has 2 aromatic carbocycles. The van der Waals surface area contributed by atoms with E-state index in [2.05, 4.69) is 15.1 Å². The molecule has 3 aliphatic heterocycles. The number of halogens is 1. The van der Waals surface area contributed by atoms with Crippen LogP contribution in [0, 0.1) is 5.82 Å². The molecule has 182 valence electrons. The number of nitrogens with one attached hydrogen (secondary N) is 1. The second kappa shape index (κ2) is 10.6. The van der Waals surface area contributed by atoms with Gasteiger partial charge in [-0.25, -0.2) is 9.18 Å². The smallest absolute Gasteiger partial charge is 0.410 e. The summed E-state index contributed by atoms with van der Waals surface area (Å²) in [5.41, 5.74) is 2.03. The van der Waals surface area contributed by atoms with E-state index in [9.17, 15) is 9.18 Å². The van der Waals surface area contributed by atoms with E-state index in [1.807, 2.05) is 42.5 Å². The lowest BCUT2D eigenvalue weighted by Gasteiger charge is -2.37. The summed E-state index contributed by atoms with van der Waals surface area (Å²) < 4.78 is 25.7. The van der Waals surface area contributed by atoms with Crippen LogP contribution in [0.1, 0.15) is 18.4 Å². The number of benzene rings is 2. The topological polar surface area (TPSA) is 57.3 Å². The van der Waals surface area contributed by atoms with E-state index in [0.717, 1.165) is 37.4 Å². The van der Waals surface area contributed by atoms with Crippen molar-refractivity contribution in [3.05, 3.63) is 59.9 Å². The summed E-state index contributed by atoms with van der Waals surface area (Å²) in [6.07, 6.45) is 2.08. The lowest BCUT2D eigenvalue weighted by atomic mass is 10.1. The summed E-state index contributed by atoms with van der Waals surface area (Å²) in [6, 6.07) is 15.9. The molecule has 1 N–H and O–H groups in total. The number of amides is 1. The maximum Gasteiger partial charge on any atom is 0.410 e. The van der Waals surface area contributed by atoms with Crippen molar-refractivity contribution in [3.8, 4) is 5.75 Å². The maximum absolute atomic E-state index is 14.4. The van der Waals surface area contributed by atoms with Crippen LogP contribution in [0.2, 0.25) is 0 Å².